The lowest BCUT2D eigenvalue weighted by atomic mass is 10.3. The second kappa shape index (κ2) is 3.82. The standard InChI is InChI=1S/C11H9BrN4S/c1-5-4-7(17-9(5)12)11-14-6-2-3-8(13)15-10(6)16-11/h2-4H,1H3,(H3,13,14,15,16). The molecule has 0 saturated carbocycles. The van der Waals surface area contributed by atoms with E-state index in [-0.39, 0.29) is 0 Å². The van der Waals surface area contributed by atoms with Crippen molar-refractivity contribution < 1.29 is 0 Å². The molecule has 0 saturated heterocycles. The van der Waals surface area contributed by atoms with Gasteiger partial charge in [0.05, 0.1) is 14.2 Å². The number of anilines is 1. The molecule has 0 aliphatic carbocycles. The molecule has 0 unspecified atom stereocenters. The van der Waals surface area contributed by atoms with E-state index in [0.29, 0.717) is 11.5 Å². The Morgan fingerprint density at radius 2 is 2.18 bits per heavy atom. The van der Waals surface area contributed by atoms with Gasteiger partial charge in [-0.25, -0.2) is 9.97 Å². The predicted octanol–water partition coefficient (Wildman–Crippen LogP) is 3.34. The van der Waals surface area contributed by atoms with Crippen LogP contribution in [0.2, 0.25) is 0 Å². The van der Waals surface area contributed by atoms with Crippen LogP contribution in [0.25, 0.3) is 21.9 Å². The molecule has 6 heteroatoms. The second-order valence-electron chi connectivity index (χ2n) is 3.76. The van der Waals surface area contributed by atoms with Crippen molar-refractivity contribution in [1.29, 1.82) is 0 Å². The number of nitrogens with two attached hydrogens (primary N) is 1. The van der Waals surface area contributed by atoms with Gasteiger partial charge in [0.2, 0.25) is 0 Å². The summed E-state index contributed by atoms with van der Waals surface area (Å²) in [5, 5.41) is 0. The fraction of sp³-hybridized carbons (Fsp3) is 0.0909. The Balaban J connectivity index is 2.17. The lowest BCUT2D eigenvalue weighted by molar-refractivity contribution is 1.31. The second-order valence-corrected chi connectivity index (χ2v) is 6.13. The van der Waals surface area contributed by atoms with Gasteiger partial charge < -0.3 is 10.7 Å². The summed E-state index contributed by atoms with van der Waals surface area (Å²) in [6.07, 6.45) is 0. The van der Waals surface area contributed by atoms with Crippen LogP contribution in [0.5, 0.6) is 0 Å². The van der Waals surface area contributed by atoms with Gasteiger partial charge in [-0.15, -0.1) is 11.3 Å². The number of imidazole rings is 1. The van der Waals surface area contributed by atoms with Gasteiger partial charge in [-0.3, -0.25) is 0 Å². The minimum atomic E-state index is 0.485. The highest BCUT2D eigenvalue weighted by Crippen LogP contribution is 2.33. The van der Waals surface area contributed by atoms with Crippen LogP contribution in [0.4, 0.5) is 5.82 Å². The van der Waals surface area contributed by atoms with E-state index in [9.17, 15) is 0 Å². The predicted molar refractivity (Wildman–Crippen MR) is 74.1 cm³/mol. The molecule has 3 N–H and O–H groups in total. The van der Waals surface area contributed by atoms with Crippen molar-refractivity contribution in [2.24, 2.45) is 0 Å². The first-order chi connectivity index (χ1) is 8.13. The highest BCUT2D eigenvalue weighted by molar-refractivity contribution is 9.11. The highest BCUT2D eigenvalue weighted by atomic mass is 79.9. The molecule has 0 amide bonds. The van der Waals surface area contributed by atoms with Crippen molar-refractivity contribution >= 4 is 44.2 Å². The van der Waals surface area contributed by atoms with E-state index in [4.69, 9.17) is 5.73 Å². The number of aromatic nitrogens is 3. The first kappa shape index (κ1) is 10.7. The van der Waals surface area contributed by atoms with Crippen molar-refractivity contribution in [3.63, 3.8) is 0 Å². The first-order valence-electron chi connectivity index (χ1n) is 5.02. The highest BCUT2D eigenvalue weighted by Gasteiger charge is 2.10. The number of hydrogen-bond acceptors (Lipinski definition) is 4. The Hall–Kier alpha value is -1.40. The average Bonchev–Trinajstić information content (AvgIpc) is 2.83. The first-order valence-corrected chi connectivity index (χ1v) is 6.63. The SMILES string of the molecule is Cc1cc(-c2nc3nc(N)ccc3[nH]2)sc1Br. The molecule has 3 rings (SSSR count). The smallest absolute Gasteiger partial charge is 0.180 e. The topological polar surface area (TPSA) is 67.6 Å². The largest absolute Gasteiger partial charge is 0.384 e. The van der Waals surface area contributed by atoms with Crippen LogP contribution < -0.4 is 5.73 Å². The van der Waals surface area contributed by atoms with E-state index >= 15 is 0 Å². The molecule has 3 aromatic heterocycles. The number of nitrogens with zero attached hydrogens (tertiary/aromatic N) is 2. The summed E-state index contributed by atoms with van der Waals surface area (Å²) in [5.41, 5.74) is 8.39. The van der Waals surface area contributed by atoms with Gasteiger partial charge in [0.25, 0.3) is 0 Å². The maximum Gasteiger partial charge on any atom is 0.180 e. The number of aromatic amines is 1. The van der Waals surface area contributed by atoms with Crippen LogP contribution in [0.15, 0.2) is 22.0 Å². The van der Waals surface area contributed by atoms with Crippen molar-refractivity contribution in [2.45, 2.75) is 6.92 Å². The van der Waals surface area contributed by atoms with Crippen LogP contribution in [-0.2, 0) is 0 Å². The van der Waals surface area contributed by atoms with Crippen LogP contribution in [0, 0.1) is 6.92 Å². The maximum absolute atomic E-state index is 5.63. The summed E-state index contributed by atoms with van der Waals surface area (Å²) in [4.78, 5) is 12.9. The number of hydrogen-bond donors (Lipinski definition) is 2. The number of aryl methyl sites for hydroxylation is 1. The number of H-pyrrole nitrogens is 1. The summed E-state index contributed by atoms with van der Waals surface area (Å²) in [7, 11) is 0. The normalized spacial score (nSPS) is 11.2. The van der Waals surface area contributed by atoms with Gasteiger partial charge in [-0.1, -0.05) is 0 Å². The van der Waals surface area contributed by atoms with E-state index in [0.717, 1.165) is 20.0 Å². The molecule has 0 spiro atoms. The zero-order chi connectivity index (χ0) is 12.0. The molecule has 0 atom stereocenters. The lowest BCUT2D eigenvalue weighted by Crippen LogP contribution is -1.88. The molecule has 0 aliphatic rings. The molecule has 3 aromatic rings. The van der Waals surface area contributed by atoms with E-state index in [1.807, 2.05) is 6.07 Å². The quantitative estimate of drug-likeness (QED) is 0.724. The van der Waals surface area contributed by atoms with Gasteiger partial charge in [0, 0.05) is 0 Å². The molecule has 4 nitrogen and oxygen atoms in total. The van der Waals surface area contributed by atoms with E-state index < -0.39 is 0 Å². The molecule has 3 heterocycles. The molecule has 0 aromatic carbocycles. The monoisotopic (exact) mass is 308 g/mol. The minimum absolute atomic E-state index is 0.485. The Labute approximate surface area is 110 Å². The number of nitrogens with one attached hydrogen (secondary N) is 1. The summed E-state index contributed by atoms with van der Waals surface area (Å²) in [6, 6.07) is 5.75. The Morgan fingerprint density at radius 1 is 1.35 bits per heavy atom. The van der Waals surface area contributed by atoms with Crippen LogP contribution >= 0.6 is 27.3 Å². The molecule has 0 aliphatic heterocycles. The van der Waals surface area contributed by atoms with Gasteiger partial charge >= 0.3 is 0 Å². The van der Waals surface area contributed by atoms with Gasteiger partial charge in [-0.05, 0) is 46.6 Å². The van der Waals surface area contributed by atoms with E-state index in [1.165, 1.54) is 5.56 Å². The number of pyridine rings is 1. The van der Waals surface area contributed by atoms with Crippen molar-refractivity contribution in [1.82, 2.24) is 15.0 Å². The average molecular weight is 309 g/mol. The number of rotatable bonds is 1. The molecular formula is C11H9BrN4S. The van der Waals surface area contributed by atoms with Crippen molar-refractivity contribution in [3.8, 4) is 10.7 Å². The molecule has 0 radical (unpaired) electrons. The van der Waals surface area contributed by atoms with Gasteiger partial charge in [-0.2, -0.15) is 0 Å². The lowest BCUT2D eigenvalue weighted by Gasteiger charge is -1.88. The van der Waals surface area contributed by atoms with E-state index in [1.54, 1.807) is 17.4 Å². The Bertz CT molecular complexity index is 681. The zero-order valence-corrected chi connectivity index (χ0v) is 11.4. The zero-order valence-electron chi connectivity index (χ0n) is 8.99. The molecule has 86 valence electrons. The molecular weight excluding hydrogens is 300 g/mol. The number of fused-ring (bicyclic) bond motifs is 1. The summed E-state index contributed by atoms with van der Waals surface area (Å²) < 4.78 is 1.13. The molecule has 0 fully saturated rings. The Morgan fingerprint density at radius 3 is 2.88 bits per heavy atom. The Kier molecular flexibility index (Phi) is 2.41. The summed E-state index contributed by atoms with van der Waals surface area (Å²) >= 11 is 5.16. The third-order valence-corrected chi connectivity index (χ3v) is 4.60. The fourth-order valence-electron chi connectivity index (χ4n) is 1.60. The summed E-state index contributed by atoms with van der Waals surface area (Å²) in [5.74, 6) is 1.32. The van der Waals surface area contributed by atoms with Crippen LogP contribution in [-0.4, -0.2) is 15.0 Å². The van der Waals surface area contributed by atoms with Gasteiger partial charge in [0.15, 0.2) is 11.5 Å². The maximum atomic E-state index is 5.63. The minimum Gasteiger partial charge on any atom is -0.384 e. The van der Waals surface area contributed by atoms with Crippen LogP contribution in [0.3, 0.4) is 0 Å². The fourth-order valence-corrected chi connectivity index (χ4v) is 3.08. The molecule has 17 heavy (non-hydrogen) atoms. The molecule has 0 bridgehead atoms. The number of thiophene rings is 1. The summed E-state index contributed by atoms with van der Waals surface area (Å²) in [6.45, 7) is 2.06. The van der Waals surface area contributed by atoms with Crippen molar-refractivity contribution in [3.05, 3.63) is 27.5 Å². The third-order valence-electron chi connectivity index (χ3n) is 2.46. The number of nitrogen functional groups attached to an aromatic ring is 1. The van der Waals surface area contributed by atoms with Gasteiger partial charge in [0.1, 0.15) is 5.82 Å². The van der Waals surface area contributed by atoms with Crippen LogP contribution in [0.1, 0.15) is 5.56 Å². The van der Waals surface area contributed by atoms with Crippen molar-refractivity contribution in [2.75, 3.05) is 5.73 Å². The number of halogens is 1. The van der Waals surface area contributed by atoms with E-state index in [2.05, 4.69) is 43.9 Å². The third kappa shape index (κ3) is 1.83.